The van der Waals surface area contributed by atoms with E-state index in [2.05, 4.69) is 14.3 Å². The maximum atomic E-state index is 13.8. The first-order valence-corrected chi connectivity index (χ1v) is 16.6. The van der Waals surface area contributed by atoms with Crippen molar-refractivity contribution in [2.75, 3.05) is 53.6 Å². The van der Waals surface area contributed by atoms with Crippen molar-refractivity contribution in [1.29, 1.82) is 0 Å². The molecule has 1 fully saturated rings. The molecule has 1 saturated heterocycles. The Balaban J connectivity index is 1.60. The van der Waals surface area contributed by atoms with Crippen molar-refractivity contribution in [3.05, 3.63) is 78.4 Å². The van der Waals surface area contributed by atoms with Crippen LogP contribution < -0.4 is 24.0 Å². The number of benzene rings is 3. The fourth-order valence-corrected chi connectivity index (χ4v) is 7.46. The van der Waals surface area contributed by atoms with Gasteiger partial charge in [0, 0.05) is 43.6 Å². The van der Waals surface area contributed by atoms with E-state index in [9.17, 15) is 16.8 Å². The van der Waals surface area contributed by atoms with Crippen molar-refractivity contribution in [3.63, 3.8) is 0 Å². The molecule has 0 spiro atoms. The second-order valence-corrected chi connectivity index (χ2v) is 13.4. The Kier molecular flexibility index (Phi) is 9.60. The van der Waals surface area contributed by atoms with Crippen molar-refractivity contribution in [2.45, 2.75) is 37.6 Å². The highest BCUT2D eigenvalue weighted by atomic mass is 32.2. The van der Waals surface area contributed by atoms with Crippen LogP contribution in [0.25, 0.3) is 0 Å². The summed E-state index contributed by atoms with van der Waals surface area (Å²) in [6.45, 7) is 6.31. The minimum atomic E-state index is -4.01. The molecule has 40 heavy (non-hydrogen) atoms. The lowest BCUT2D eigenvalue weighted by molar-refractivity contribution is 0.415. The van der Waals surface area contributed by atoms with E-state index in [-0.39, 0.29) is 16.3 Å². The van der Waals surface area contributed by atoms with E-state index < -0.39 is 26.1 Å². The molecule has 216 valence electrons. The zero-order valence-electron chi connectivity index (χ0n) is 23.2. The van der Waals surface area contributed by atoms with E-state index in [1.807, 2.05) is 66.4 Å². The molecule has 0 aromatic heterocycles. The lowest BCUT2D eigenvalue weighted by Crippen LogP contribution is -2.47. The predicted octanol–water partition coefficient (Wildman–Crippen LogP) is 4.60. The zero-order chi connectivity index (χ0) is 28.8. The topological polar surface area (TPSA) is 108 Å². The van der Waals surface area contributed by atoms with Gasteiger partial charge in [0.1, 0.15) is 10.6 Å². The Bertz CT molecular complexity index is 1470. The number of hydrogen-bond donors (Lipinski definition) is 2. The van der Waals surface area contributed by atoms with Gasteiger partial charge in [-0.25, -0.2) is 21.6 Å². The van der Waals surface area contributed by atoms with Gasteiger partial charge >= 0.3 is 0 Å². The minimum Gasteiger partial charge on any atom is -0.497 e. The highest BCUT2D eigenvalue weighted by molar-refractivity contribution is 7.92. The van der Waals surface area contributed by atoms with Gasteiger partial charge in [0.15, 0.2) is 0 Å². The molecular weight excluding hydrogens is 548 g/mol. The summed E-state index contributed by atoms with van der Waals surface area (Å²) in [6, 6.07) is 21.5. The highest BCUT2D eigenvalue weighted by Gasteiger charge is 2.27. The van der Waals surface area contributed by atoms with Gasteiger partial charge in [-0.3, -0.25) is 4.72 Å². The molecule has 0 radical (unpaired) electrons. The van der Waals surface area contributed by atoms with Crippen LogP contribution in [0.15, 0.2) is 77.7 Å². The molecule has 0 amide bonds. The minimum absolute atomic E-state index is 0.0239. The second-order valence-electron chi connectivity index (χ2n) is 9.88. The second kappa shape index (κ2) is 12.9. The Morgan fingerprint density at radius 2 is 1.52 bits per heavy atom. The molecule has 0 saturated carbocycles. The largest absolute Gasteiger partial charge is 0.497 e. The number of anilines is 3. The Morgan fingerprint density at radius 1 is 0.875 bits per heavy atom. The normalized spacial score (nSPS) is 15.1. The van der Waals surface area contributed by atoms with Crippen molar-refractivity contribution in [3.8, 4) is 5.75 Å². The Hall–Kier alpha value is -3.28. The SMILES string of the molecule is CCCCS(=O)(=O)Nc1ccc(N2CCN(c3ccc(OC)cc3)CC2)c(S(=O)(=O)N[C@@H](C)c2ccccc2)c1. The van der Waals surface area contributed by atoms with Crippen molar-refractivity contribution in [2.24, 2.45) is 0 Å². The number of nitrogens with zero attached hydrogens (tertiary/aromatic N) is 2. The predicted molar refractivity (Wildman–Crippen MR) is 161 cm³/mol. The molecule has 0 unspecified atom stereocenters. The van der Waals surface area contributed by atoms with Crippen LogP contribution in [-0.4, -0.2) is 55.9 Å². The lowest BCUT2D eigenvalue weighted by atomic mass is 10.1. The molecule has 0 bridgehead atoms. The van der Waals surface area contributed by atoms with Gasteiger partial charge in [-0.2, -0.15) is 0 Å². The van der Waals surface area contributed by atoms with E-state index >= 15 is 0 Å². The van der Waals surface area contributed by atoms with Crippen LogP contribution in [0.5, 0.6) is 5.75 Å². The fraction of sp³-hybridized carbons (Fsp3) is 0.379. The average molecular weight is 587 g/mol. The number of nitrogens with one attached hydrogen (secondary N) is 2. The number of hydrogen-bond acceptors (Lipinski definition) is 7. The number of rotatable bonds is 12. The number of methoxy groups -OCH3 is 1. The first-order chi connectivity index (χ1) is 19.1. The molecule has 1 aliphatic heterocycles. The quantitative estimate of drug-likeness (QED) is 0.319. The smallest absolute Gasteiger partial charge is 0.243 e. The molecule has 3 aromatic rings. The maximum absolute atomic E-state index is 13.8. The summed E-state index contributed by atoms with van der Waals surface area (Å²) in [5.41, 5.74) is 2.67. The van der Waals surface area contributed by atoms with Crippen LogP contribution >= 0.6 is 0 Å². The molecule has 1 aliphatic rings. The number of unbranched alkanes of at least 4 members (excludes halogenated alkanes) is 1. The fourth-order valence-electron chi connectivity index (χ4n) is 4.72. The van der Waals surface area contributed by atoms with Crippen molar-refractivity contribution >= 4 is 37.1 Å². The van der Waals surface area contributed by atoms with Crippen LogP contribution in [0.3, 0.4) is 0 Å². The van der Waals surface area contributed by atoms with Gasteiger partial charge in [0.25, 0.3) is 0 Å². The molecule has 4 rings (SSSR count). The summed E-state index contributed by atoms with van der Waals surface area (Å²) in [5, 5.41) is 0. The van der Waals surface area contributed by atoms with Crippen LogP contribution in [0.1, 0.15) is 38.3 Å². The van der Waals surface area contributed by atoms with Crippen LogP contribution in [0.4, 0.5) is 17.1 Å². The summed E-state index contributed by atoms with van der Waals surface area (Å²) < 4.78 is 63.3. The molecule has 11 heteroatoms. The molecule has 1 atom stereocenters. The highest BCUT2D eigenvalue weighted by Crippen LogP contribution is 2.32. The average Bonchev–Trinajstić information content (AvgIpc) is 2.96. The Morgan fingerprint density at radius 3 is 2.15 bits per heavy atom. The summed E-state index contributed by atoms with van der Waals surface area (Å²) in [5.74, 6) is 0.768. The van der Waals surface area contributed by atoms with Crippen molar-refractivity contribution in [1.82, 2.24) is 4.72 Å². The summed E-state index contributed by atoms with van der Waals surface area (Å²) >= 11 is 0. The maximum Gasteiger partial charge on any atom is 0.243 e. The van der Waals surface area contributed by atoms with E-state index in [4.69, 9.17) is 4.74 Å². The van der Waals surface area contributed by atoms with Gasteiger partial charge in [-0.05, 0) is 61.4 Å². The van der Waals surface area contributed by atoms with E-state index in [0.717, 1.165) is 23.4 Å². The number of ether oxygens (including phenoxy) is 1. The summed E-state index contributed by atoms with van der Waals surface area (Å²) in [6.07, 6.45) is 1.26. The number of piperazine rings is 1. The third kappa shape index (κ3) is 7.47. The molecule has 2 N–H and O–H groups in total. The molecular formula is C29H38N4O5S2. The third-order valence-corrected chi connectivity index (χ3v) is 9.92. The molecule has 0 aliphatic carbocycles. The van der Waals surface area contributed by atoms with Crippen LogP contribution in [0, 0.1) is 0 Å². The standard InChI is InChI=1S/C29H38N4O5S2/c1-4-5-21-39(34,35)31-25-11-16-28(29(22-25)40(36,37)30-23(2)24-9-7-6-8-10-24)33-19-17-32(18-20-33)26-12-14-27(38-3)15-13-26/h6-16,22-23,30-31H,4-5,17-21H2,1-3H3/t23-/m0/s1. The van der Waals surface area contributed by atoms with E-state index in [0.29, 0.717) is 38.3 Å². The monoisotopic (exact) mass is 586 g/mol. The van der Waals surface area contributed by atoms with Gasteiger partial charge in [-0.15, -0.1) is 0 Å². The van der Waals surface area contributed by atoms with Gasteiger partial charge in [0.2, 0.25) is 20.0 Å². The molecule has 9 nitrogen and oxygen atoms in total. The first kappa shape index (κ1) is 29.7. The third-order valence-electron chi connectivity index (χ3n) is 6.98. The van der Waals surface area contributed by atoms with Crippen LogP contribution in [0.2, 0.25) is 0 Å². The van der Waals surface area contributed by atoms with Crippen molar-refractivity contribution < 1.29 is 21.6 Å². The Labute approximate surface area is 238 Å². The summed E-state index contributed by atoms with van der Waals surface area (Å²) in [4.78, 5) is 4.33. The summed E-state index contributed by atoms with van der Waals surface area (Å²) in [7, 11) is -5.98. The molecule has 3 aromatic carbocycles. The first-order valence-electron chi connectivity index (χ1n) is 13.5. The number of sulfonamides is 2. The van der Waals surface area contributed by atoms with Crippen LogP contribution in [-0.2, 0) is 20.0 Å². The van der Waals surface area contributed by atoms with Gasteiger partial charge in [0.05, 0.1) is 18.6 Å². The zero-order valence-corrected chi connectivity index (χ0v) is 24.8. The van der Waals surface area contributed by atoms with E-state index in [1.54, 1.807) is 26.2 Å². The van der Waals surface area contributed by atoms with Gasteiger partial charge < -0.3 is 14.5 Å². The lowest BCUT2D eigenvalue weighted by Gasteiger charge is -2.38. The molecule has 1 heterocycles. The van der Waals surface area contributed by atoms with Gasteiger partial charge in [-0.1, -0.05) is 43.7 Å². The van der Waals surface area contributed by atoms with E-state index in [1.165, 1.54) is 6.07 Å².